The lowest BCUT2D eigenvalue weighted by atomic mass is 9.76. The lowest BCUT2D eigenvalue weighted by molar-refractivity contribution is 0.179. The molecule has 1 rings (SSSR count). The van der Waals surface area contributed by atoms with Gasteiger partial charge in [-0.05, 0) is 32.1 Å². The Balaban J connectivity index is 2.35. The summed E-state index contributed by atoms with van der Waals surface area (Å²) < 4.78 is 0. The molecule has 0 aromatic rings. The van der Waals surface area contributed by atoms with Crippen molar-refractivity contribution in [3.05, 3.63) is 0 Å². The maximum atomic E-state index is 11.8. The summed E-state index contributed by atoms with van der Waals surface area (Å²) in [5.41, 5.74) is 0.334. The Bertz CT molecular complexity index is 218. The number of amides is 2. The maximum Gasteiger partial charge on any atom is 0.317 e. The van der Waals surface area contributed by atoms with Crippen LogP contribution in [0.25, 0.3) is 0 Å². The van der Waals surface area contributed by atoms with Crippen LogP contribution < -0.4 is 5.32 Å². The number of hydrogen-bond acceptors (Lipinski definition) is 1. The summed E-state index contributed by atoms with van der Waals surface area (Å²) in [7, 11) is 0. The van der Waals surface area contributed by atoms with Gasteiger partial charge in [0.15, 0.2) is 0 Å². The van der Waals surface area contributed by atoms with E-state index in [1.54, 1.807) is 0 Å². The van der Waals surface area contributed by atoms with Gasteiger partial charge in [-0.25, -0.2) is 4.79 Å². The Hall–Kier alpha value is -0.730. The fourth-order valence-corrected chi connectivity index (χ4v) is 2.49. The summed E-state index contributed by atoms with van der Waals surface area (Å²) >= 11 is 0. The van der Waals surface area contributed by atoms with Gasteiger partial charge < -0.3 is 10.2 Å². The molecular weight excluding hydrogens is 200 g/mol. The average Bonchev–Trinajstić information content (AvgIpc) is 2.29. The molecule has 0 atom stereocenters. The smallest absolute Gasteiger partial charge is 0.317 e. The average molecular weight is 226 g/mol. The van der Waals surface area contributed by atoms with Gasteiger partial charge in [-0.1, -0.05) is 26.2 Å². The topological polar surface area (TPSA) is 32.3 Å². The molecule has 0 bridgehead atoms. The van der Waals surface area contributed by atoms with E-state index in [1.807, 2.05) is 18.7 Å². The normalized spacial score (nSPS) is 19.2. The Labute approximate surface area is 99.6 Å². The van der Waals surface area contributed by atoms with Gasteiger partial charge in [0.2, 0.25) is 0 Å². The van der Waals surface area contributed by atoms with Gasteiger partial charge in [0, 0.05) is 19.6 Å². The standard InChI is InChI=1S/C13H26N2O/c1-4-15(5-2)12(16)14-11-13(3)9-7-6-8-10-13/h4-11H2,1-3H3,(H,14,16). The number of nitrogens with zero attached hydrogens (tertiary/aromatic N) is 1. The van der Waals surface area contributed by atoms with Crippen LogP contribution in [0, 0.1) is 5.41 Å². The van der Waals surface area contributed by atoms with Gasteiger partial charge in [0.1, 0.15) is 0 Å². The number of urea groups is 1. The molecule has 0 unspecified atom stereocenters. The van der Waals surface area contributed by atoms with Crippen molar-refractivity contribution in [2.75, 3.05) is 19.6 Å². The van der Waals surface area contributed by atoms with E-state index in [0.29, 0.717) is 5.41 Å². The Morgan fingerprint density at radius 1 is 1.19 bits per heavy atom. The second kappa shape index (κ2) is 6.12. The molecule has 2 amide bonds. The molecule has 1 aliphatic rings. The van der Waals surface area contributed by atoms with Crippen LogP contribution >= 0.6 is 0 Å². The van der Waals surface area contributed by atoms with E-state index in [0.717, 1.165) is 19.6 Å². The predicted molar refractivity (Wildman–Crippen MR) is 67.5 cm³/mol. The molecule has 1 saturated carbocycles. The minimum Gasteiger partial charge on any atom is -0.337 e. The largest absolute Gasteiger partial charge is 0.337 e. The van der Waals surface area contributed by atoms with Crippen LogP contribution in [0.15, 0.2) is 0 Å². The molecule has 0 heterocycles. The van der Waals surface area contributed by atoms with Crippen molar-refractivity contribution in [2.24, 2.45) is 5.41 Å². The van der Waals surface area contributed by atoms with Crippen molar-refractivity contribution < 1.29 is 4.79 Å². The van der Waals surface area contributed by atoms with Crippen molar-refractivity contribution in [3.63, 3.8) is 0 Å². The van der Waals surface area contributed by atoms with Crippen LogP contribution in [0.5, 0.6) is 0 Å². The first-order valence-electron chi connectivity index (χ1n) is 6.64. The molecular formula is C13H26N2O. The van der Waals surface area contributed by atoms with Gasteiger partial charge in [0.25, 0.3) is 0 Å². The molecule has 3 heteroatoms. The highest BCUT2D eigenvalue weighted by Crippen LogP contribution is 2.34. The highest BCUT2D eigenvalue weighted by atomic mass is 16.2. The monoisotopic (exact) mass is 226 g/mol. The zero-order chi connectivity index (χ0) is 12.0. The van der Waals surface area contributed by atoms with Gasteiger partial charge in [-0.3, -0.25) is 0 Å². The van der Waals surface area contributed by atoms with Crippen molar-refractivity contribution in [1.29, 1.82) is 0 Å². The molecule has 0 saturated heterocycles. The minimum atomic E-state index is 0.0943. The third kappa shape index (κ3) is 3.69. The van der Waals surface area contributed by atoms with Gasteiger partial charge in [0.05, 0.1) is 0 Å². The first kappa shape index (κ1) is 13.3. The molecule has 0 aromatic carbocycles. The molecule has 3 nitrogen and oxygen atoms in total. The minimum absolute atomic E-state index is 0.0943. The number of carbonyl (C=O) groups is 1. The van der Waals surface area contributed by atoms with E-state index in [1.165, 1.54) is 32.1 Å². The fourth-order valence-electron chi connectivity index (χ4n) is 2.49. The zero-order valence-electron chi connectivity index (χ0n) is 11.0. The summed E-state index contributed by atoms with van der Waals surface area (Å²) in [5.74, 6) is 0. The molecule has 0 radical (unpaired) electrons. The van der Waals surface area contributed by atoms with Gasteiger partial charge in [-0.2, -0.15) is 0 Å². The van der Waals surface area contributed by atoms with E-state index in [2.05, 4.69) is 12.2 Å². The van der Waals surface area contributed by atoms with E-state index in [4.69, 9.17) is 0 Å². The Kier molecular flexibility index (Phi) is 5.10. The van der Waals surface area contributed by atoms with Crippen molar-refractivity contribution in [1.82, 2.24) is 10.2 Å². The van der Waals surface area contributed by atoms with Crippen molar-refractivity contribution in [2.45, 2.75) is 52.9 Å². The van der Waals surface area contributed by atoms with Crippen molar-refractivity contribution in [3.8, 4) is 0 Å². The fraction of sp³-hybridized carbons (Fsp3) is 0.923. The Morgan fingerprint density at radius 2 is 1.75 bits per heavy atom. The highest BCUT2D eigenvalue weighted by Gasteiger charge is 2.27. The Morgan fingerprint density at radius 3 is 2.25 bits per heavy atom. The molecule has 1 N–H and O–H groups in total. The van der Waals surface area contributed by atoms with Gasteiger partial charge in [-0.15, -0.1) is 0 Å². The number of nitrogens with one attached hydrogen (secondary N) is 1. The second-order valence-electron chi connectivity index (χ2n) is 5.20. The first-order chi connectivity index (χ1) is 7.61. The number of rotatable bonds is 4. The van der Waals surface area contributed by atoms with Crippen LogP contribution in [0.3, 0.4) is 0 Å². The molecule has 0 aromatic heterocycles. The van der Waals surface area contributed by atoms with Crippen LogP contribution in [0.2, 0.25) is 0 Å². The lowest BCUT2D eigenvalue weighted by Crippen LogP contribution is -2.44. The third-order valence-electron chi connectivity index (χ3n) is 3.78. The summed E-state index contributed by atoms with van der Waals surface area (Å²) in [4.78, 5) is 13.6. The number of hydrogen-bond donors (Lipinski definition) is 1. The summed E-state index contributed by atoms with van der Waals surface area (Å²) in [6.07, 6.45) is 6.51. The lowest BCUT2D eigenvalue weighted by Gasteiger charge is -2.34. The third-order valence-corrected chi connectivity index (χ3v) is 3.78. The summed E-state index contributed by atoms with van der Waals surface area (Å²) in [6, 6.07) is 0.0943. The van der Waals surface area contributed by atoms with Crippen LogP contribution in [-0.4, -0.2) is 30.6 Å². The molecule has 0 aliphatic heterocycles. The zero-order valence-corrected chi connectivity index (χ0v) is 11.0. The SMILES string of the molecule is CCN(CC)C(=O)NCC1(C)CCCCC1. The first-order valence-corrected chi connectivity index (χ1v) is 6.64. The summed E-state index contributed by atoms with van der Waals surface area (Å²) in [6.45, 7) is 8.76. The maximum absolute atomic E-state index is 11.8. The molecule has 1 fully saturated rings. The van der Waals surface area contributed by atoms with Crippen LogP contribution in [0.1, 0.15) is 52.9 Å². The van der Waals surface area contributed by atoms with Crippen molar-refractivity contribution >= 4 is 6.03 Å². The molecule has 1 aliphatic carbocycles. The molecule has 94 valence electrons. The second-order valence-corrected chi connectivity index (χ2v) is 5.20. The van der Waals surface area contributed by atoms with E-state index < -0.39 is 0 Å². The molecule has 0 spiro atoms. The molecule has 16 heavy (non-hydrogen) atoms. The highest BCUT2D eigenvalue weighted by molar-refractivity contribution is 5.74. The predicted octanol–water partition coefficient (Wildman–Crippen LogP) is 3.01. The van der Waals surface area contributed by atoms with Gasteiger partial charge >= 0.3 is 6.03 Å². The van der Waals surface area contributed by atoms with E-state index in [9.17, 15) is 4.79 Å². The van der Waals surface area contributed by atoms with Crippen LogP contribution in [0.4, 0.5) is 4.79 Å². The van der Waals surface area contributed by atoms with E-state index >= 15 is 0 Å². The van der Waals surface area contributed by atoms with E-state index in [-0.39, 0.29) is 6.03 Å². The van der Waals surface area contributed by atoms with Crippen LogP contribution in [-0.2, 0) is 0 Å². The summed E-state index contributed by atoms with van der Waals surface area (Å²) in [5, 5.41) is 3.08. The quantitative estimate of drug-likeness (QED) is 0.785. The number of carbonyl (C=O) groups excluding carboxylic acids is 1.